The number of anilines is 1. The maximum Gasteiger partial charge on any atom is 0.416 e. The summed E-state index contributed by atoms with van der Waals surface area (Å²) in [5.74, 6) is -0.186. The van der Waals surface area contributed by atoms with Gasteiger partial charge in [-0.25, -0.2) is 4.39 Å². The number of benzene rings is 2. The molecule has 24 heavy (non-hydrogen) atoms. The lowest BCUT2D eigenvalue weighted by Gasteiger charge is -2.25. The molecule has 0 amide bonds. The third-order valence-corrected chi connectivity index (χ3v) is 5.39. The Morgan fingerprint density at radius 1 is 1.04 bits per heavy atom. The van der Waals surface area contributed by atoms with Crippen molar-refractivity contribution in [3.8, 4) is 0 Å². The zero-order valence-corrected chi connectivity index (χ0v) is 13.9. The summed E-state index contributed by atoms with van der Waals surface area (Å²) in [7, 11) is 0. The van der Waals surface area contributed by atoms with E-state index >= 15 is 0 Å². The molecule has 0 bridgehead atoms. The molecule has 0 spiro atoms. The van der Waals surface area contributed by atoms with Crippen LogP contribution in [0.2, 0.25) is 0 Å². The Hall–Kier alpha value is -1.69. The molecule has 2 unspecified atom stereocenters. The highest BCUT2D eigenvalue weighted by Gasteiger charge is 2.35. The van der Waals surface area contributed by atoms with Crippen LogP contribution in [0, 0.1) is 5.82 Å². The molecule has 1 heterocycles. The summed E-state index contributed by atoms with van der Waals surface area (Å²) in [5.41, 5.74) is 0.767. The second-order valence-electron chi connectivity index (χ2n) is 5.85. The van der Waals surface area contributed by atoms with Crippen molar-refractivity contribution in [1.82, 2.24) is 0 Å². The van der Waals surface area contributed by atoms with Gasteiger partial charge in [0.25, 0.3) is 0 Å². The van der Waals surface area contributed by atoms with Gasteiger partial charge in [-0.3, -0.25) is 0 Å². The Morgan fingerprint density at radius 2 is 1.71 bits per heavy atom. The van der Waals surface area contributed by atoms with Gasteiger partial charge >= 0.3 is 6.18 Å². The predicted octanol–water partition coefficient (Wildman–Crippen LogP) is 5.53. The Labute approximate surface area is 142 Å². The van der Waals surface area contributed by atoms with Crippen molar-refractivity contribution in [2.45, 2.75) is 23.9 Å². The van der Waals surface area contributed by atoms with Crippen LogP contribution < -0.4 is 4.90 Å². The number of thioether (sulfide) groups is 1. The van der Waals surface area contributed by atoms with Crippen molar-refractivity contribution in [3.63, 3.8) is 0 Å². The summed E-state index contributed by atoms with van der Waals surface area (Å²) >= 11 is 1.63. The van der Waals surface area contributed by atoms with Gasteiger partial charge in [-0.05, 0) is 42.5 Å². The second kappa shape index (κ2) is 6.67. The number of nitrogens with zero attached hydrogens (tertiary/aromatic N) is 1. The van der Waals surface area contributed by atoms with E-state index in [1.807, 2.05) is 11.2 Å². The fourth-order valence-electron chi connectivity index (χ4n) is 3.15. The predicted molar refractivity (Wildman–Crippen MR) is 89.9 cm³/mol. The fraction of sp³-hybridized carbons (Fsp3) is 0.333. The highest BCUT2D eigenvalue weighted by molar-refractivity contribution is 7.99. The smallest absolute Gasteiger partial charge is 0.357 e. The van der Waals surface area contributed by atoms with E-state index in [-0.39, 0.29) is 17.1 Å². The third-order valence-electron chi connectivity index (χ3n) is 4.39. The normalized spacial score (nSPS) is 21.3. The summed E-state index contributed by atoms with van der Waals surface area (Å²) in [6.45, 7) is 0.595. The minimum absolute atomic E-state index is 0.0874. The molecule has 0 radical (unpaired) electrons. The van der Waals surface area contributed by atoms with E-state index in [0.717, 1.165) is 24.1 Å². The topological polar surface area (TPSA) is 3.24 Å². The molecule has 1 nitrogen and oxygen atoms in total. The van der Waals surface area contributed by atoms with Gasteiger partial charge in [-0.15, -0.1) is 11.8 Å². The van der Waals surface area contributed by atoms with E-state index in [0.29, 0.717) is 12.2 Å². The molecule has 2 aromatic rings. The van der Waals surface area contributed by atoms with Crippen LogP contribution in [0.4, 0.5) is 23.2 Å². The minimum Gasteiger partial charge on any atom is -0.357 e. The molecular weight excluding hydrogens is 338 g/mol. The van der Waals surface area contributed by atoms with Crippen LogP contribution >= 0.6 is 11.8 Å². The molecule has 0 N–H and O–H groups in total. The number of alkyl halides is 3. The molecule has 128 valence electrons. The van der Waals surface area contributed by atoms with Crippen LogP contribution in [0.3, 0.4) is 0 Å². The first-order chi connectivity index (χ1) is 11.4. The Kier molecular flexibility index (Phi) is 4.76. The van der Waals surface area contributed by atoms with E-state index in [1.165, 1.54) is 18.2 Å². The van der Waals surface area contributed by atoms with E-state index in [9.17, 15) is 17.6 Å². The zero-order chi connectivity index (χ0) is 17.3. The van der Waals surface area contributed by atoms with Gasteiger partial charge < -0.3 is 4.90 Å². The van der Waals surface area contributed by atoms with Gasteiger partial charge in [0.05, 0.1) is 16.6 Å². The van der Waals surface area contributed by atoms with E-state index in [1.54, 1.807) is 30.0 Å². The van der Waals surface area contributed by atoms with Crippen molar-refractivity contribution in [3.05, 3.63) is 65.5 Å². The molecule has 2 aromatic carbocycles. The summed E-state index contributed by atoms with van der Waals surface area (Å²) in [6, 6.07) is 11.9. The van der Waals surface area contributed by atoms with Crippen molar-refractivity contribution < 1.29 is 17.6 Å². The molecule has 3 rings (SSSR count). The lowest BCUT2D eigenvalue weighted by molar-refractivity contribution is -0.137. The quantitative estimate of drug-likeness (QED) is 0.666. The van der Waals surface area contributed by atoms with Crippen LogP contribution in [0.5, 0.6) is 0 Å². The van der Waals surface area contributed by atoms with Gasteiger partial charge in [0, 0.05) is 12.5 Å². The lowest BCUT2D eigenvalue weighted by Crippen LogP contribution is -2.27. The van der Waals surface area contributed by atoms with Crippen LogP contribution in [-0.2, 0) is 6.18 Å². The molecule has 0 aromatic heterocycles. The van der Waals surface area contributed by atoms with E-state index in [4.69, 9.17) is 0 Å². The van der Waals surface area contributed by atoms with Gasteiger partial charge in [0.1, 0.15) is 5.82 Å². The van der Waals surface area contributed by atoms with Gasteiger partial charge in [0.15, 0.2) is 0 Å². The Bertz CT molecular complexity index is 699. The molecule has 1 aliphatic heterocycles. The van der Waals surface area contributed by atoms with Gasteiger partial charge in [0.2, 0.25) is 0 Å². The number of para-hydroxylation sites is 1. The SMILES string of the molecule is CSC1CC(c2ccc(C(F)(F)F)cc2)CN1c1ccccc1F. The molecule has 0 aliphatic carbocycles. The molecule has 0 saturated carbocycles. The van der Waals surface area contributed by atoms with E-state index < -0.39 is 11.7 Å². The first-order valence-corrected chi connectivity index (χ1v) is 8.90. The Balaban J connectivity index is 1.83. The van der Waals surface area contributed by atoms with Crippen LogP contribution in [0.15, 0.2) is 48.5 Å². The van der Waals surface area contributed by atoms with Crippen molar-refractivity contribution in [2.75, 3.05) is 17.7 Å². The minimum atomic E-state index is -4.32. The zero-order valence-electron chi connectivity index (χ0n) is 13.1. The van der Waals surface area contributed by atoms with Crippen LogP contribution in [0.1, 0.15) is 23.5 Å². The largest absolute Gasteiger partial charge is 0.416 e. The highest BCUT2D eigenvalue weighted by Crippen LogP contribution is 2.40. The van der Waals surface area contributed by atoms with E-state index in [2.05, 4.69) is 0 Å². The average molecular weight is 355 g/mol. The highest BCUT2D eigenvalue weighted by atomic mass is 32.2. The number of rotatable bonds is 3. The molecule has 1 aliphatic rings. The standard InChI is InChI=1S/C18H17F4NS/c1-24-17-10-13(11-23(17)16-5-3-2-4-15(16)19)12-6-8-14(9-7-12)18(20,21)22/h2-9,13,17H,10-11H2,1H3. The van der Waals surface area contributed by atoms with Crippen molar-refractivity contribution in [1.29, 1.82) is 0 Å². The summed E-state index contributed by atoms with van der Waals surface area (Å²) in [6.07, 6.45) is -1.58. The first-order valence-electron chi connectivity index (χ1n) is 7.61. The maximum absolute atomic E-state index is 14.1. The summed E-state index contributed by atoms with van der Waals surface area (Å²) < 4.78 is 52.2. The molecule has 1 fully saturated rings. The summed E-state index contributed by atoms with van der Waals surface area (Å²) in [5, 5.41) is 0.106. The van der Waals surface area contributed by atoms with Gasteiger partial charge in [-0.2, -0.15) is 13.2 Å². The molecule has 6 heteroatoms. The number of hydrogen-bond donors (Lipinski definition) is 0. The number of halogens is 4. The van der Waals surface area contributed by atoms with Gasteiger partial charge in [-0.1, -0.05) is 24.3 Å². The van der Waals surface area contributed by atoms with Crippen LogP contribution in [0.25, 0.3) is 0 Å². The van der Waals surface area contributed by atoms with Crippen molar-refractivity contribution >= 4 is 17.4 Å². The second-order valence-corrected chi connectivity index (χ2v) is 6.86. The van der Waals surface area contributed by atoms with Crippen LogP contribution in [-0.4, -0.2) is 18.2 Å². The van der Waals surface area contributed by atoms with Crippen molar-refractivity contribution in [2.24, 2.45) is 0 Å². The monoisotopic (exact) mass is 355 g/mol. The molecule has 2 atom stereocenters. The molecule has 1 saturated heterocycles. The summed E-state index contributed by atoms with van der Waals surface area (Å²) in [4.78, 5) is 2.00. The third kappa shape index (κ3) is 3.38. The Morgan fingerprint density at radius 3 is 2.29 bits per heavy atom. The number of hydrogen-bond acceptors (Lipinski definition) is 2. The first kappa shape index (κ1) is 17.1. The lowest BCUT2D eigenvalue weighted by atomic mass is 9.97. The molecular formula is C18H17F4NS. The average Bonchev–Trinajstić information content (AvgIpc) is 2.99. The fourth-order valence-corrected chi connectivity index (χ4v) is 4.03. The maximum atomic E-state index is 14.1.